The number of amides is 2. The first-order valence-corrected chi connectivity index (χ1v) is 11.3. The molecule has 2 amide bonds. The van der Waals surface area contributed by atoms with Crippen LogP contribution in [-0.4, -0.2) is 42.3 Å². The highest BCUT2D eigenvalue weighted by Crippen LogP contribution is 2.44. The average molecular weight is 453 g/mol. The summed E-state index contributed by atoms with van der Waals surface area (Å²) in [6, 6.07) is 15.2. The Morgan fingerprint density at radius 1 is 1.00 bits per heavy atom. The van der Waals surface area contributed by atoms with Gasteiger partial charge in [0, 0.05) is 12.5 Å². The van der Waals surface area contributed by atoms with Gasteiger partial charge in [-0.3, -0.25) is 4.79 Å². The highest BCUT2D eigenvalue weighted by atomic mass is 16.5. The lowest BCUT2D eigenvalue weighted by atomic mass is 9.86. The number of nitrogens with one attached hydrogen (secondary N) is 2. The Morgan fingerprint density at radius 3 is 2.03 bits per heavy atom. The number of carbonyl (C=O) groups is 3. The quantitative estimate of drug-likeness (QED) is 0.558. The molecule has 2 aromatic carbocycles. The SMILES string of the molecule is CCC(CNC(=O)OCC1c2ccccc2-c2ccccc21)C(=O)NC(C(=O)O)C(C)(C)C. The topological polar surface area (TPSA) is 105 Å². The lowest BCUT2D eigenvalue weighted by molar-refractivity contribution is -0.145. The van der Waals surface area contributed by atoms with Gasteiger partial charge in [-0.25, -0.2) is 9.59 Å². The Bertz CT molecular complexity index is 982. The predicted octanol–water partition coefficient (Wildman–Crippen LogP) is 4.17. The lowest BCUT2D eigenvalue weighted by Crippen LogP contribution is -2.52. The van der Waals surface area contributed by atoms with Gasteiger partial charge in [0.2, 0.25) is 5.91 Å². The van der Waals surface area contributed by atoms with E-state index in [1.807, 2.05) is 43.3 Å². The molecule has 3 N–H and O–H groups in total. The van der Waals surface area contributed by atoms with Crippen LogP contribution in [0.4, 0.5) is 4.79 Å². The van der Waals surface area contributed by atoms with Crippen molar-refractivity contribution in [2.24, 2.45) is 11.3 Å². The second-order valence-electron chi connectivity index (χ2n) is 9.46. The molecule has 176 valence electrons. The van der Waals surface area contributed by atoms with Crippen LogP contribution in [0.15, 0.2) is 48.5 Å². The molecule has 33 heavy (non-hydrogen) atoms. The monoisotopic (exact) mass is 452 g/mol. The Balaban J connectivity index is 1.57. The van der Waals surface area contributed by atoms with Crippen molar-refractivity contribution in [1.29, 1.82) is 0 Å². The van der Waals surface area contributed by atoms with E-state index in [-0.39, 0.29) is 19.1 Å². The molecule has 0 saturated carbocycles. The number of hydrogen-bond acceptors (Lipinski definition) is 4. The van der Waals surface area contributed by atoms with Gasteiger partial charge in [0.25, 0.3) is 0 Å². The van der Waals surface area contributed by atoms with E-state index in [0.717, 1.165) is 22.3 Å². The van der Waals surface area contributed by atoms with Crippen molar-refractivity contribution >= 4 is 18.0 Å². The minimum absolute atomic E-state index is 0.0449. The fraction of sp³-hybridized carbons (Fsp3) is 0.423. The minimum atomic E-state index is -1.09. The van der Waals surface area contributed by atoms with Crippen molar-refractivity contribution in [2.75, 3.05) is 13.2 Å². The molecule has 0 radical (unpaired) electrons. The summed E-state index contributed by atoms with van der Waals surface area (Å²) in [7, 11) is 0. The summed E-state index contributed by atoms with van der Waals surface area (Å²) in [6.07, 6.45) is -0.153. The fourth-order valence-corrected chi connectivity index (χ4v) is 4.19. The summed E-state index contributed by atoms with van der Waals surface area (Å²) in [6.45, 7) is 7.33. The van der Waals surface area contributed by atoms with Gasteiger partial charge in [0.1, 0.15) is 12.6 Å². The van der Waals surface area contributed by atoms with Gasteiger partial charge in [-0.1, -0.05) is 76.2 Å². The number of carbonyl (C=O) groups excluding carboxylic acids is 2. The first kappa shape index (κ1) is 24.3. The number of hydrogen-bond donors (Lipinski definition) is 3. The van der Waals surface area contributed by atoms with E-state index in [0.29, 0.717) is 6.42 Å². The molecule has 1 aliphatic rings. The minimum Gasteiger partial charge on any atom is -0.480 e. The van der Waals surface area contributed by atoms with Gasteiger partial charge in [-0.2, -0.15) is 0 Å². The summed E-state index contributed by atoms with van der Waals surface area (Å²) in [5, 5.41) is 14.7. The third-order valence-corrected chi connectivity index (χ3v) is 6.10. The lowest BCUT2D eigenvalue weighted by Gasteiger charge is -2.29. The molecule has 3 rings (SSSR count). The molecule has 2 unspecified atom stereocenters. The number of carboxylic acid groups (broad SMARTS) is 1. The van der Waals surface area contributed by atoms with Crippen LogP contribution in [0.3, 0.4) is 0 Å². The maximum Gasteiger partial charge on any atom is 0.407 e. The van der Waals surface area contributed by atoms with E-state index >= 15 is 0 Å². The third kappa shape index (κ3) is 5.53. The van der Waals surface area contributed by atoms with Gasteiger partial charge >= 0.3 is 12.1 Å². The molecule has 1 aliphatic carbocycles. The van der Waals surface area contributed by atoms with Crippen molar-refractivity contribution in [2.45, 2.75) is 46.1 Å². The zero-order chi connectivity index (χ0) is 24.2. The number of alkyl carbamates (subject to hydrolysis) is 1. The van der Waals surface area contributed by atoms with Crippen LogP contribution < -0.4 is 10.6 Å². The third-order valence-electron chi connectivity index (χ3n) is 6.10. The van der Waals surface area contributed by atoms with E-state index in [2.05, 4.69) is 22.8 Å². The van der Waals surface area contributed by atoms with Crippen molar-refractivity contribution in [3.8, 4) is 11.1 Å². The number of carboxylic acids is 1. The molecule has 0 spiro atoms. The van der Waals surface area contributed by atoms with Crippen molar-refractivity contribution in [3.05, 3.63) is 59.7 Å². The van der Waals surface area contributed by atoms with E-state index in [4.69, 9.17) is 4.74 Å². The standard InChI is InChI=1S/C26H32N2O5/c1-5-16(23(29)28-22(24(30)31)26(2,3)4)14-27-25(32)33-15-21-19-12-8-6-10-17(19)18-11-7-9-13-20(18)21/h6-13,16,21-22H,5,14-15H2,1-4H3,(H,27,32)(H,28,29)(H,30,31). The van der Waals surface area contributed by atoms with Crippen LogP contribution in [0.2, 0.25) is 0 Å². The Morgan fingerprint density at radius 2 is 1.55 bits per heavy atom. The van der Waals surface area contributed by atoms with Crippen molar-refractivity contribution in [1.82, 2.24) is 10.6 Å². The molecule has 0 aliphatic heterocycles. The molecule has 7 nitrogen and oxygen atoms in total. The molecule has 0 heterocycles. The maximum atomic E-state index is 12.6. The smallest absolute Gasteiger partial charge is 0.407 e. The van der Waals surface area contributed by atoms with Gasteiger partial charge < -0.3 is 20.5 Å². The number of benzene rings is 2. The number of aliphatic carboxylic acids is 1. The zero-order valence-electron chi connectivity index (χ0n) is 19.6. The molecule has 2 aromatic rings. The van der Waals surface area contributed by atoms with E-state index < -0.39 is 35.3 Å². The van der Waals surface area contributed by atoms with Crippen LogP contribution in [-0.2, 0) is 14.3 Å². The molecular formula is C26H32N2O5. The molecule has 0 saturated heterocycles. The van der Waals surface area contributed by atoms with Crippen molar-refractivity contribution in [3.63, 3.8) is 0 Å². The summed E-state index contributed by atoms with van der Waals surface area (Å²) in [5.41, 5.74) is 3.91. The van der Waals surface area contributed by atoms with Crippen molar-refractivity contribution < 1.29 is 24.2 Å². The van der Waals surface area contributed by atoms with E-state index in [9.17, 15) is 19.5 Å². The van der Waals surface area contributed by atoms with Gasteiger partial charge in [-0.05, 0) is 34.1 Å². The van der Waals surface area contributed by atoms with Crippen LogP contribution >= 0.6 is 0 Å². The summed E-state index contributed by atoms with van der Waals surface area (Å²) in [5.74, 6) is -2.10. The van der Waals surface area contributed by atoms with Crippen LogP contribution in [0.1, 0.15) is 51.2 Å². The Labute approximate surface area is 194 Å². The summed E-state index contributed by atoms with van der Waals surface area (Å²) < 4.78 is 5.51. The molecular weight excluding hydrogens is 420 g/mol. The van der Waals surface area contributed by atoms with Gasteiger partial charge in [0.15, 0.2) is 0 Å². The predicted molar refractivity (Wildman–Crippen MR) is 126 cm³/mol. The fourth-order valence-electron chi connectivity index (χ4n) is 4.19. The van der Waals surface area contributed by atoms with Crippen LogP contribution in [0, 0.1) is 11.3 Å². The molecule has 0 bridgehead atoms. The van der Waals surface area contributed by atoms with Gasteiger partial charge in [0.05, 0.1) is 5.92 Å². The van der Waals surface area contributed by atoms with E-state index in [1.165, 1.54) is 0 Å². The number of ether oxygens (including phenoxy) is 1. The Kier molecular flexibility index (Phi) is 7.41. The maximum absolute atomic E-state index is 12.6. The number of fused-ring (bicyclic) bond motifs is 3. The second-order valence-corrected chi connectivity index (χ2v) is 9.46. The largest absolute Gasteiger partial charge is 0.480 e. The Hall–Kier alpha value is -3.35. The number of rotatable bonds is 8. The zero-order valence-corrected chi connectivity index (χ0v) is 19.6. The molecule has 2 atom stereocenters. The van der Waals surface area contributed by atoms with Crippen LogP contribution in [0.25, 0.3) is 11.1 Å². The highest BCUT2D eigenvalue weighted by molar-refractivity contribution is 5.86. The molecule has 7 heteroatoms. The average Bonchev–Trinajstić information content (AvgIpc) is 3.09. The van der Waals surface area contributed by atoms with Crippen LogP contribution in [0.5, 0.6) is 0 Å². The second kappa shape index (κ2) is 10.1. The summed E-state index contributed by atoms with van der Waals surface area (Å²) >= 11 is 0. The first-order chi connectivity index (χ1) is 15.6. The molecule has 0 aromatic heterocycles. The van der Waals surface area contributed by atoms with E-state index in [1.54, 1.807) is 20.8 Å². The summed E-state index contributed by atoms with van der Waals surface area (Å²) in [4.78, 5) is 36.6. The highest BCUT2D eigenvalue weighted by Gasteiger charge is 2.34. The normalized spacial score (nSPS) is 14.5. The molecule has 0 fully saturated rings. The first-order valence-electron chi connectivity index (χ1n) is 11.3. The van der Waals surface area contributed by atoms with Gasteiger partial charge in [-0.15, -0.1) is 0 Å².